The van der Waals surface area contributed by atoms with Crippen LogP contribution in [0, 0.1) is 18.8 Å². The monoisotopic (exact) mass is 273 g/mol. The van der Waals surface area contributed by atoms with E-state index in [-0.39, 0.29) is 5.91 Å². The molecule has 2 aromatic rings. The Kier molecular flexibility index (Phi) is 2.97. The molecule has 0 spiro atoms. The van der Waals surface area contributed by atoms with E-state index in [4.69, 9.17) is 9.52 Å². The molecule has 1 aliphatic rings. The third kappa shape index (κ3) is 2.15. The number of hydrogen-bond acceptors (Lipinski definition) is 3. The molecule has 2 N–H and O–H groups in total. The summed E-state index contributed by atoms with van der Waals surface area (Å²) in [4.78, 5) is 22.5. The number of carboxylic acids is 1. The molecule has 5 nitrogen and oxygen atoms in total. The van der Waals surface area contributed by atoms with E-state index in [0.29, 0.717) is 18.7 Å². The molecule has 2 atom stereocenters. The van der Waals surface area contributed by atoms with Crippen LogP contribution in [-0.2, 0) is 16.1 Å². The number of amides is 1. The van der Waals surface area contributed by atoms with E-state index in [1.54, 1.807) is 0 Å². The van der Waals surface area contributed by atoms with Crippen LogP contribution in [0.25, 0.3) is 11.0 Å². The van der Waals surface area contributed by atoms with E-state index >= 15 is 0 Å². The molecule has 2 unspecified atom stereocenters. The van der Waals surface area contributed by atoms with E-state index in [2.05, 4.69) is 5.32 Å². The molecule has 0 saturated heterocycles. The number of carboxylic acid groups (broad SMARTS) is 1. The van der Waals surface area contributed by atoms with Crippen LogP contribution in [0.15, 0.2) is 28.7 Å². The maximum atomic E-state index is 11.8. The summed E-state index contributed by atoms with van der Waals surface area (Å²) in [5, 5.41) is 12.6. The lowest BCUT2D eigenvalue weighted by atomic mass is 10.1. The van der Waals surface area contributed by atoms with Crippen molar-refractivity contribution in [3.63, 3.8) is 0 Å². The summed E-state index contributed by atoms with van der Waals surface area (Å²) in [5.74, 6) is -1.31. The largest absolute Gasteiger partial charge is 0.481 e. The van der Waals surface area contributed by atoms with Crippen LogP contribution in [0.1, 0.15) is 17.7 Å². The smallest absolute Gasteiger partial charge is 0.307 e. The van der Waals surface area contributed by atoms with Crippen molar-refractivity contribution >= 4 is 22.8 Å². The average molecular weight is 273 g/mol. The summed E-state index contributed by atoms with van der Waals surface area (Å²) in [6.07, 6.45) is 0.431. The molecule has 1 aliphatic carbocycles. The highest BCUT2D eigenvalue weighted by molar-refractivity contribution is 5.89. The van der Waals surface area contributed by atoms with Crippen LogP contribution in [-0.4, -0.2) is 17.0 Å². The number of nitrogens with one attached hydrogen (secondary N) is 1. The van der Waals surface area contributed by atoms with Crippen molar-refractivity contribution in [1.29, 1.82) is 0 Å². The predicted octanol–water partition coefficient (Wildman–Crippen LogP) is 2.08. The second-order valence-electron chi connectivity index (χ2n) is 5.15. The van der Waals surface area contributed by atoms with E-state index in [9.17, 15) is 9.59 Å². The summed E-state index contributed by atoms with van der Waals surface area (Å²) >= 11 is 0. The van der Waals surface area contributed by atoms with Gasteiger partial charge in [-0.15, -0.1) is 0 Å². The van der Waals surface area contributed by atoms with Gasteiger partial charge in [0.05, 0.1) is 18.4 Å². The van der Waals surface area contributed by atoms with Gasteiger partial charge < -0.3 is 14.8 Å². The lowest BCUT2D eigenvalue weighted by molar-refractivity contribution is -0.140. The molecule has 1 fully saturated rings. The first-order chi connectivity index (χ1) is 9.58. The molecular weight excluding hydrogens is 258 g/mol. The second-order valence-corrected chi connectivity index (χ2v) is 5.15. The molecule has 5 heteroatoms. The van der Waals surface area contributed by atoms with Crippen molar-refractivity contribution in [1.82, 2.24) is 5.32 Å². The van der Waals surface area contributed by atoms with E-state index in [0.717, 1.165) is 16.5 Å². The highest BCUT2D eigenvalue weighted by Gasteiger charge is 2.48. The predicted molar refractivity (Wildman–Crippen MR) is 72.0 cm³/mol. The molecular formula is C15H15NO4. The Morgan fingerprint density at radius 1 is 1.35 bits per heavy atom. The molecule has 1 aromatic carbocycles. The highest BCUT2D eigenvalue weighted by Crippen LogP contribution is 2.38. The lowest BCUT2D eigenvalue weighted by Crippen LogP contribution is -2.26. The summed E-state index contributed by atoms with van der Waals surface area (Å²) in [7, 11) is 0. The van der Waals surface area contributed by atoms with Crippen molar-refractivity contribution in [2.24, 2.45) is 11.8 Å². The van der Waals surface area contributed by atoms with E-state index in [1.165, 1.54) is 0 Å². The van der Waals surface area contributed by atoms with Gasteiger partial charge in [0.15, 0.2) is 0 Å². The van der Waals surface area contributed by atoms with Gasteiger partial charge in [0.25, 0.3) is 0 Å². The first-order valence-electron chi connectivity index (χ1n) is 6.55. The molecule has 1 aromatic heterocycles. The Hall–Kier alpha value is -2.30. The minimum atomic E-state index is -0.898. The van der Waals surface area contributed by atoms with Gasteiger partial charge in [-0.2, -0.15) is 0 Å². The molecule has 104 valence electrons. The standard InChI is InChI=1S/C15H15NO4/c1-8-9-4-2-3-5-12(9)20-13(8)7-16-14(17)10-6-11(10)15(18)19/h2-5,10-11H,6-7H2,1H3,(H,16,17)(H,18,19). The van der Waals surface area contributed by atoms with Gasteiger partial charge in [0.2, 0.25) is 5.91 Å². The topological polar surface area (TPSA) is 79.5 Å². The molecule has 0 aliphatic heterocycles. The maximum absolute atomic E-state index is 11.8. The fourth-order valence-electron chi connectivity index (χ4n) is 2.45. The van der Waals surface area contributed by atoms with Gasteiger partial charge in [-0.25, -0.2) is 0 Å². The highest BCUT2D eigenvalue weighted by atomic mass is 16.4. The van der Waals surface area contributed by atoms with E-state index in [1.807, 2.05) is 31.2 Å². The molecule has 1 heterocycles. The fourth-order valence-corrected chi connectivity index (χ4v) is 2.45. The summed E-state index contributed by atoms with van der Waals surface area (Å²) in [6.45, 7) is 2.24. The number of fused-ring (bicyclic) bond motifs is 1. The van der Waals surface area contributed by atoms with E-state index < -0.39 is 17.8 Å². The number of carbonyl (C=O) groups excluding carboxylic acids is 1. The number of benzene rings is 1. The number of hydrogen-bond donors (Lipinski definition) is 2. The maximum Gasteiger partial charge on any atom is 0.307 e. The van der Waals surface area contributed by atoms with Crippen LogP contribution in [0.5, 0.6) is 0 Å². The minimum Gasteiger partial charge on any atom is -0.481 e. The van der Waals surface area contributed by atoms with Crippen molar-refractivity contribution in [3.05, 3.63) is 35.6 Å². The quantitative estimate of drug-likeness (QED) is 0.893. The lowest BCUT2D eigenvalue weighted by Gasteiger charge is -2.02. The summed E-state index contributed by atoms with van der Waals surface area (Å²) in [6, 6.07) is 7.69. The average Bonchev–Trinajstić information content (AvgIpc) is 3.18. The second kappa shape index (κ2) is 4.67. The van der Waals surface area contributed by atoms with Gasteiger partial charge in [-0.05, 0) is 19.4 Å². The van der Waals surface area contributed by atoms with Crippen LogP contribution >= 0.6 is 0 Å². The van der Waals surface area contributed by atoms with Crippen molar-refractivity contribution in [2.45, 2.75) is 19.9 Å². The van der Waals surface area contributed by atoms with Crippen molar-refractivity contribution < 1.29 is 19.1 Å². The molecule has 0 radical (unpaired) electrons. The van der Waals surface area contributed by atoms with Crippen LogP contribution in [0.2, 0.25) is 0 Å². The normalized spacial score (nSPS) is 20.9. The zero-order valence-corrected chi connectivity index (χ0v) is 11.1. The number of carbonyl (C=O) groups is 2. The molecule has 20 heavy (non-hydrogen) atoms. The number of aryl methyl sites for hydroxylation is 1. The van der Waals surface area contributed by atoms with Gasteiger partial charge >= 0.3 is 5.97 Å². The minimum absolute atomic E-state index is 0.211. The number of furan rings is 1. The third-order valence-corrected chi connectivity index (χ3v) is 3.81. The molecule has 1 saturated carbocycles. The zero-order chi connectivity index (χ0) is 14.3. The SMILES string of the molecule is Cc1c(CNC(=O)C2CC2C(=O)O)oc2ccccc12. The number of para-hydroxylation sites is 1. The molecule has 3 rings (SSSR count). The van der Waals surface area contributed by atoms with Crippen molar-refractivity contribution in [3.8, 4) is 0 Å². The van der Waals surface area contributed by atoms with Crippen LogP contribution in [0.4, 0.5) is 0 Å². The van der Waals surface area contributed by atoms with Gasteiger partial charge in [-0.1, -0.05) is 18.2 Å². The Bertz CT molecular complexity index is 688. The Labute approximate surface area is 115 Å². The van der Waals surface area contributed by atoms with Gasteiger partial charge in [0.1, 0.15) is 11.3 Å². The Morgan fingerprint density at radius 3 is 2.75 bits per heavy atom. The first-order valence-corrected chi connectivity index (χ1v) is 6.55. The van der Waals surface area contributed by atoms with Crippen LogP contribution in [0.3, 0.4) is 0 Å². The van der Waals surface area contributed by atoms with Crippen LogP contribution < -0.4 is 5.32 Å². The molecule has 1 amide bonds. The first kappa shape index (κ1) is 12.7. The Morgan fingerprint density at radius 2 is 2.10 bits per heavy atom. The van der Waals surface area contributed by atoms with Gasteiger partial charge in [-0.3, -0.25) is 9.59 Å². The van der Waals surface area contributed by atoms with Crippen molar-refractivity contribution in [2.75, 3.05) is 0 Å². The molecule has 0 bridgehead atoms. The Balaban J connectivity index is 1.67. The third-order valence-electron chi connectivity index (χ3n) is 3.81. The zero-order valence-electron chi connectivity index (χ0n) is 11.1. The summed E-state index contributed by atoms with van der Waals surface area (Å²) in [5.41, 5.74) is 1.80. The van der Waals surface area contributed by atoms with Gasteiger partial charge in [0, 0.05) is 10.9 Å². The summed E-state index contributed by atoms with van der Waals surface area (Å²) < 4.78 is 5.69. The number of rotatable bonds is 4. The fraction of sp³-hybridized carbons (Fsp3) is 0.333. The number of aliphatic carboxylic acids is 1.